The van der Waals surface area contributed by atoms with E-state index in [0.717, 1.165) is 37.9 Å². The van der Waals surface area contributed by atoms with Crippen molar-refractivity contribution in [3.63, 3.8) is 0 Å². The Labute approximate surface area is 128 Å². The summed E-state index contributed by atoms with van der Waals surface area (Å²) < 4.78 is 42.8. The summed E-state index contributed by atoms with van der Waals surface area (Å²) in [6, 6.07) is 0.991. The number of nitrogens with zero attached hydrogens (tertiary/aromatic N) is 1. The lowest BCUT2D eigenvalue weighted by molar-refractivity contribution is 0.0392. The molecule has 7 nitrogen and oxygen atoms in total. The Hall–Kier alpha value is -1.74. The number of nitrogens with one attached hydrogen (secondary N) is 1. The standard InChI is InChI=1S/C13H17FN2O5S/c1-20-12-5-3-2-4-11(12)16-13(17)9-6-10(8-15-7-9)21-22(14,18)19/h6-8,11-12H,2-5H2,1H3,(H,16,17)/t11-,12-/m1/s1. The van der Waals surface area contributed by atoms with Crippen molar-refractivity contribution in [2.24, 2.45) is 0 Å². The molecule has 0 aliphatic heterocycles. The molecule has 1 aromatic rings. The molecule has 1 N–H and O–H groups in total. The Morgan fingerprint density at radius 1 is 1.36 bits per heavy atom. The minimum absolute atomic E-state index is 0.0590. The first-order chi connectivity index (χ1) is 10.4. The lowest BCUT2D eigenvalue weighted by atomic mass is 9.92. The van der Waals surface area contributed by atoms with Gasteiger partial charge in [0.05, 0.1) is 23.9 Å². The van der Waals surface area contributed by atoms with Crippen molar-refractivity contribution >= 4 is 16.4 Å². The van der Waals surface area contributed by atoms with Crippen molar-refractivity contribution in [2.45, 2.75) is 37.8 Å². The first-order valence-electron chi connectivity index (χ1n) is 6.82. The van der Waals surface area contributed by atoms with Gasteiger partial charge in [-0.1, -0.05) is 16.7 Å². The third-order valence-electron chi connectivity index (χ3n) is 3.49. The molecule has 1 aliphatic carbocycles. The second-order valence-electron chi connectivity index (χ2n) is 5.02. The van der Waals surface area contributed by atoms with E-state index in [9.17, 15) is 17.1 Å². The molecule has 0 unspecified atom stereocenters. The van der Waals surface area contributed by atoms with Gasteiger partial charge in [0.2, 0.25) is 0 Å². The Morgan fingerprint density at radius 2 is 2.09 bits per heavy atom. The summed E-state index contributed by atoms with van der Waals surface area (Å²) in [5.74, 6) is -0.801. The summed E-state index contributed by atoms with van der Waals surface area (Å²) >= 11 is 0. The Balaban J connectivity index is 2.07. The fourth-order valence-corrected chi connectivity index (χ4v) is 2.82. The summed E-state index contributed by atoms with van der Waals surface area (Å²) in [6.07, 6.45) is 5.90. The maximum absolute atomic E-state index is 12.5. The maximum atomic E-state index is 12.5. The molecule has 1 amide bonds. The Morgan fingerprint density at radius 3 is 2.77 bits per heavy atom. The largest absolute Gasteiger partial charge is 0.488 e. The highest BCUT2D eigenvalue weighted by Gasteiger charge is 2.26. The van der Waals surface area contributed by atoms with Crippen LogP contribution in [-0.2, 0) is 15.2 Å². The summed E-state index contributed by atoms with van der Waals surface area (Å²) in [4.78, 5) is 15.9. The average molecular weight is 332 g/mol. The molecule has 1 heterocycles. The van der Waals surface area contributed by atoms with Crippen LogP contribution in [0.25, 0.3) is 0 Å². The molecule has 2 rings (SSSR count). The second kappa shape index (κ2) is 7.01. The van der Waals surface area contributed by atoms with E-state index in [1.54, 1.807) is 7.11 Å². The normalized spacial score (nSPS) is 22.1. The lowest BCUT2D eigenvalue weighted by Gasteiger charge is -2.31. The number of rotatable bonds is 5. The molecular weight excluding hydrogens is 315 g/mol. The summed E-state index contributed by atoms with van der Waals surface area (Å²) in [5, 5.41) is 2.82. The van der Waals surface area contributed by atoms with Crippen molar-refractivity contribution in [3.8, 4) is 5.75 Å². The number of hydrogen-bond acceptors (Lipinski definition) is 6. The second-order valence-corrected chi connectivity index (χ2v) is 5.98. The summed E-state index contributed by atoms with van der Waals surface area (Å²) in [5.41, 5.74) is 0.0848. The molecule has 1 aliphatic rings. The molecule has 1 fully saturated rings. The predicted molar refractivity (Wildman–Crippen MR) is 75.4 cm³/mol. The molecule has 9 heteroatoms. The molecule has 0 aromatic carbocycles. The fraction of sp³-hybridized carbons (Fsp3) is 0.538. The zero-order valence-corrected chi connectivity index (χ0v) is 12.8. The molecule has 0 radical (unpaired) electrons. The van der Waals surface area contributed by atoms with Crippen molar-refractivity contribution in [3.05, 3.63) is 24.0 Å². The summed E-state index contributed by atoms with van der Waals surface area (Å²) in [6.45, 7) is 0. The predicted octanol–water partition coefficient (Wildman–Crippen LogP) is 1.36. The average Bonchev–Trinajstić information content (AvgIpc) is 2.46. The van der Waals surface area contributed by atoms with Gasteiger partial charge in [0.25, 0.3) is 5.91 Å². The maximum Gasteiger partial charge on any atom is 0.488 e. The number of hydrogen-bond donors (Lipinski definition) is 1. The first-order valence-corrected chi connectivity index (χ1v) is 8.12. The van der Waals surface area contributed by atoms with Gasteiger partial charge in [-0.3, -0.25) is 9.78 Å². The zero-order chi connectivity index (χ0) is 16.2. The van der Waals surface area contributed by atoms with E-state index in [4.69, 9.17) is 4.74 Å². The Kier molecular flexibility index (Phi) is 5.30. The van der Waals surface area contributed by atoms with Gasteiger partial charge in [-0.05, 0) is 18.9 Å². The van der Waals surface area contributed by atoms with E-state index in [1.807, 2.05) is 0 Å². The van der Waals surface area contributed by atoms with Gasteiger partial charge in [-0.25, -0.2) is 0 Å². The van der Waals surface area contributed by atoms with Gasteiger partial charge >= 0.3 is 10.5 Å². The van der Waals surface area contributed by atoms with Crippen LogP contribution in [0.1, 0.15) is 36.0 Å². The van der Waals surface area contributed by atoms with E-state index in [2.05, 4.69) is 14.5 Å². The third-order valence-corrected chi connectivity index (χ3v) is 3.88. The van der Waals surface area contributed by atoms with Crippen molar-refractivity contribution < 1.29 is 26.0 Å². The minimum Gasteiger partial charge on any atom is -0.379 e. The van der Waals surface area contributed by atoms with E-state index in [1.165, 1.54) is 6.20 Å². The molecule has 1 aromatic heterocycles. The van der Waals surface area contributed by atoms with E-state index in [-0.39, 0.29) is 23.5 Å². The number of amides is 1. The highest BCUT2D eigenvalue weighted by molar-refractivity contribution is 7.81. The smallest absolute Gasteiger partial charge is 0.379 e. The summed E-state index contributed by atoms with van der Waals surface area (Å²) in [7, 11) is -3.56. The van der Waals surface area contributed by atoms with Crippen LogP contribution in [0.3, 0.4) is 0 Å². The number of pyridine rings is 1. The molecule has 122 valence electrons. The minimum atomic E-state index is -5.15. The molecule has 0 saturated heterocycles. The quantitative estimate of drug-likeness (QED) is 0.818. The van der Waals surface area contributed by atoms with Gasteiger partial charge in [-0.2, -0.15) is 8.42 Å². The number of aromatic nitrogens is 1. The van der Waals surface area contributed by atoms with Crippen molar-refractivity contribution in [1.82, 2.24) is 10.3 Å². The highest BCUT2D eigenvalue weighted by Crippen LogP contribution is 2.21. The van der Waals surface area contributed by atoms with Gasteiger partial charge in [0.1, 0.15) is 0 Å². The number of carbonyl (C=O) groups excluding carboxylic acids is 1. The van der Waals surface area contributed by atoms with Crippen LogP contribution in [0.2, 0.25) is 0 Å². The SMILES string of the molecule is CO[C@@H]1CCCC[C@H]1NC(=O)c1cncc(OS(=O)(=O)F)c1. The van der Waals surface area contributed by atoms with Crippen LogP contribution in [0.15, 0.2) is 18.5 Å². The van der Waals surface area contributed by atoms with Gasteiger partial charge < -0.3 is 14.2 Å². The molecule has 0 bridgehead atoms. The number of carbonyl (C=O) groups is 1. The van der Waals surface area contributed by atoms with Crippen molar-refractivity contribution in [1.29, 1.82) is 0 Å². The van der Waals surface area contributed by atoms with E-state index < -0.39 is 16.4 Å². The molecule has 22 heavy (non-hydrogen) atoms. The highest BCUT2D eigenvalue weighted by atomic mass is 32.3. The third kappa shape index (κ3) is 4.63. The van der Waals surface area contributed by atoms with Crippen LogP contribution < -0.4 is 9.50 Å². The zero-order valence-electron chi connectivity index (χ0n) is 12.0. The van der Waals surface area contributed by atoms with Crippen LogP contribution in [-0.4, -0.2) is 38.6 Å². The van der Waals surface area contributed by atoms with Crippen LogP contribution >= 0.6 is 0 Å². The van der Waals surface area contributed by atoms with Crippen LogP contribution in [0.5, 0.6) is 5.75 Å². The number of halogens is 1. The van der Waals surface area contributed by atoms with Gasteiger partial charge in [0.15, 0.2) is 5.75 Å². The van der Waals surface area contributed by atoms with Gasteiger partial charge in [0, 0.05) is 13.3 Å². The molecule has 0 spiro atoms. The molecule has 1 saturated carbocycles. The van der Waals surface area contributed by atoms with Crippen LogP contribution in [0, 0.1) is 0 Å². The number of methoxy groups -OCH3 is 1. The van der Waals surface area contributed by atoms with Crippen LogP contribution in [0.4, 0.5) is 3.89 Å². The monoisotopic (exact) mass is 332 g/mol. The fourth-order valence-electron chi connectivity index (χ4n) is 2.50. The molecular formula is C13H17FN2O5S. The lowest BCUT2D eigenvalue weighted by Crippen LogP contribution is -2.45. The Bertz CT molecular complexity index is 637. The van der Waals surface area contributed by atoms with E-state index >= 15 is 0 Å². The van der Waals surface area contributed by atoms with E-state index in [0.29, 0.717) is 0 Å². The van der Waals surface area contributed by atoms with Crippen molar-refractivity contribution in [2.75, 3.05) is 7.11 Å². The molecule has 2 atom stereocenters. The topological polar surface area (TPSA) is 94.6 Å². The first kappa shape index (κ1) is 16.6. The van der Waals surface area contributed by atoms with Gasteiger partial charge in [-0.15, -0.1) is 0 Å². The number of ether oxygens (including phenoxy) is 1.